The summed E-state index contributed by atoms with van der Waals surface area (Å²) in [7, 11) is 0. The Bertz CT molecular complexity index is 894. The summed E-state index contributed by atoms with van der Waals surface area (Å²) in [5.74, 6) is 0. The van der Waals surface area contributed by atoms with Gasteiger partial charge < -0.3 is 9.40 Å². The first-order chi connectivity index (χ1) is 12.2. The molecular weight excluding hydrogens is 314 g/mol. The van der Waals surface area contributed by atoms with E-state index in [0.717, 1.165) is 46.9 Å². The molecule has 0 spiro atoms. The molecule has 4 rings (SSSR count). The predicted octanol–water partition coefficient (Wildman–Crippen LogP) is 3.80. The second kappa shape index (κ2) is 6.55. The van der Waals surface area contributed by atoms with Crippen molar-refractivity contribution < 1.29 is 4.84 Å². The molecule has 6 nitrogen and oxygen atoms in total. The molecule has 0 saturated heterocycles. The third-order valence-corrected chi connectivity index (χ3v) is 4.44. The molecule has 1 unspecified atom stereocenters. The van der Waals surface area contributed by atoms with Gasteiger partial charge in [0, 0.05) is 17.7 Å². The van der Waals surface area contributed by atoms with E-state index in [0.29, 0.717) is 6.54 Å². The third kappa shape index (κ3) is 3.07. The highest BCUT2D eigenvalue weighted by Gasteiger charge is 2.24. The van der Waals surface area contributed by atoms with Crippen LogP contribution in [0.15, 0.2) is 47.9 Å². The van der Waals surface area contributed by atoms with Crippen molar-refractivity contribution in [1.29, 1.82) is 0 Å². The van der Waals surface area contributed by atoms with E-state index in [9.17, 15) is 0 Å². The smallest absolute Gasteiger partial charge is 0.150 e. The van der Waals surface area contributed by atoms with E-state index >= 15 is 0 Å². The topological polar surface area (TPSA) is 68.1 Å². The van der Waals surface area contributed by atoms with E-state index in [1.54, 1.807) is 0 Å². The molecule has 1 atom stereocenters. The van der Waals surface area contributed by atoms with Crippen LogP contribution in [0, 0.1) is 6.92 Å². The number of hydrogen-bond donors (Lipinski definition) is 1. The lowest BCUT2D eigenvalue weighted by Crippen LogP contribution is -2.16. The Morgan fingerprint density at radius 2 is 2.12 bits per heavy atom. The number of nitrogens with one attached hydrogen (secondary N) is 1. The molecule has 0 fully saturated rings. The summed E-state index contributed by atoms with van der Waals surface area (Å²) in [5.41, 5.74) is 6.05. The number of rotatable bonds is 5. The summed E-state index contributed by atoms with van der Waals surface area (Å²) in [5, 5.41) is 11.6. The van der Waals surface area contributed by atoms with Crippen LogP contribution in [-0.2, 0) is 11.4 Å². The van der Waals surface area contributed by atoms with Gasteiger partial charge in [-0.05, 0) is 19.4 Å². The number of nitrogens with zero attached hydrogens (tertiary/aromatic N) is 4. The molecule has 6 heteroatoms. The summed E-state index contributed by atoms with van der Waals surface area (Å²) in [6, 6.07) is 12.2. The van der Waals surface area contributed by atoms with Crippen LogP contribution in [0.3, 0.4) is 0 Å². The lowest BCUT2D eigenvalue weighted by molar-refractivity contribution is 0.0728. The molecule has 0 aliphatic carbocycles. The van der Waals surface area contributed by atoms with E-state index < -0.39 is 0 Å². The second-order valence-electron chi connectivity index (χ2n) is 6.34. The lowest BCUT2D eigenvalue weighted by atomic mass is 10.1. The van der Waals surface area contributed by atoms with E-state index in [-0.39, 0.29) is 6.10 Å². The summed E-state index contributed by atoms with van der Waals surface area (Å²) in [6.45, 7) is 4.81. The second-order valence-corrected chi connectivity index (χ2v) is 6.34. The van der Waals surface area contributed by atoms with Gasteiger partial charge in [-0.2, -0.15) is 5.10 Å². The molecule has 0 radical (unpaired) electrons. The Labute approximate surface area is 146 Å². The molecule has 1 aromatic carbocycles. The zero-order chi connectivity index (χ0) is 17.2. The Morgan fingerprint density at radius 3 is 2.80 bits per heavy atom. The van der Waals surface area contributed by atoms with Gasteiger partial charge in [0.2, 0.25) is 0 Å². The van der Waals surface area contributed by atoms with Gasteiger partial charge >= 0.3 is 0 Å². The number of imidazole rings is 1. The van der Waals surface area contributed by atoms with Crippen LogP contribution in [0.2, 0.25) is 0 Å². The molecule has 25 heavy (non-hydrogen) atoms. The van der Waals surface area contributed by atoms with Crippen molar-refractivity contribution in [3.8, 4) is 22.6 Å². The molecule has 0 bridgehead atoms. The van der Waals surface area contributed by atoms with Crippen molar-refractivity contribution >= 4 is 5.71 Å². The third-order valence-electron chi connectivity index (χ3n) is 4.44. The molecule has 0 amide bonds. The van der Waals surface area contributed by atoms with E-state index in [1.165, 1.54) is 0 Å². The summed E-state index contributed by atoms with van der Waals surface area (Å²) >= 11 is 0. The Morgan fingerprint density at radius 1 is 1.28 bits per heavy atom. The van der Waals surface area contributed by atoms with Gasteiger partial charge in [0.1, 0.15) is 5.69 Å². The maximum atomic E-state index is 5.58. The monoisotopic (exact) mass is 335 g/mol. The Kier molecular flexibility index (Phi) is 4.09. The molecule has 3 aromatic rings. The number of aryl methyl sites for hydroxylation is 1. The first-order valence-corrected chi connectivity index (χ1v) is 8.59. The normalized spacial score (nSPS) is 16.7. The predicted molar refractivity (Wildman–Crippen MR) is 97.2 cm³/mol. The highest BCUT2D eigenvalue weighted by atomic mass is 16.6. The minimum atomic E-state index is 0.0477. The Hall–Kier alpha value is -2.89. The zero-order valence-corrected chi connectivity index (χ0v) is 14.4. The van der Waals surface area contributed by atoms with Crippen LogP contribution in [0.5, 0.6) is 0 Å². The average Bonchev–Trinajstić information content (AvgIpc) is 3.36. The number of aromatic amines is 1. The van der Waals surface area contributed by atoms with Gasteiger partial charge in [-0.25, -0.2) is 4.98 Å². The molecule has 3 heterocycles. The summed E-state index contributed by atoms with van der Waals surface area (Å²) in [6.07, 6.45) is 3.72. The van der Waals surface area contributed by atoms with Gasteiger partial charge in [0.25, 0.3) is 0 Å². The molecular formula is C19H21N5O. The van der Waals surface area contributed by atoms with Crippen LogP contribution in [0.4, 0.5) is 0 Å². The van der Waals surface area contributed by atoms with Crippen LogP contribution < -0.4 is 0 Å². The van der Waals surface area contributed by atoms with Crippen LogP contribution in [-0.4, -0.2) is 31.6 Å². The molecule has 1 aliphatic rings. The molecule has 2 aromatic heterocycles. The van der Waals surface area contributed by atoms with E-state index in [4.69, 9.17) is 4.84 Å². The largest absolute Gasteiger partial charge is 0.390 e. The summed E-state index contributed by atoms with van der Waals surface area (Å²) in [4.78, 5) is 10.3. The molecule has 0 saturated carbocycles. The highest BCUT2D eigenvalue weighted by molar-refractivity contribution is 5.85. The van der Waals surface area contributed by atoms with E-state index in [2.05, 4.69) is 44.0 Å². The number of oxime groups is 1. The minimum absolute atomic E-state index is 0.0477. The van der Waals surface area contributed by atoms with Crippen molar-refractivity contribution in [3.63, 3.8) is 0 Å². The van der Waals surface area contributed by atoms with Crippen LogP contribution >= 0.6 is 0 Å². The fourth-order valence-corrected chi connectivity index (χ4v) is 3.15. The van der Waals surface area contributed by atoms with Crippen molar-refractivity contribution in [2.45, 2.75) is 39.3 Å². The SMILES string of the molecule is CCC1=NOC(Cn2cnc(-c3ccccc3)c2-c2cc(C)[nH]n2)C1. The lowest BCUT2D eigenvalue weighted by Gasteiger charge is -2.12. The van der Waals surface area contributed by atoms with Crippen LogP contribution in [0.25, 0.3) is 22.6 Å². The first kappa shape index (κ1) is 15.6. The first-order valence-electron chi connectivity index (χ1n) is 8.59. The van der Waals surface area contributed by atoms with Gasteiger partial charge in [-0.1, -0.05) is 42.4 Å². The van der Waals surface area contributed by atoms with E-state index in [1.807, 2.05) is 37.5 Å². The maximum Gasteiger partial charge on any atom is 0.150 e. The standard InChI is InChI=1S/C19H21N5O/c1-3-15-10-16(25-23-15)11-24-12-20-18(14-7-5-4-6-8-14)19(24)17-9-13(2)21-22-17/h4-9,12,16H,3,10-11H2,1-2H3,(H,21,22). The minimum Gasteiger partial charge on any atom is -0.390 e. The zero-order valence-electron chi connectivity index (χ0n) is 14.4. The van der Waals surface area contributed by atoms with Gasteiger partial charge in [-0.3, -0.25) is 5.10 Å². The number of hydrogen-bond acceptors (Lipinski definition) is 4. The van der Waals surface area contributed by atoms with Crippen molar-refractivity contribution in [3.05, 3.63) is 48.4 Å². The quantitative estimate of drug-likeness (QED) is 0.771. The van der Waals surface area contributed by atoms with Crippen molar-refractivity contribution in [2.75, 3.05) is 0 Å². The van der Waals surface area contributed by atoms with Gasteiger partial charge in [0.05, 0.1) is 30.0 Å². The van der Waals surface area contributed by atoms with Crippen molar-refractivity contribution in [1.82, 2.24) is 19.7 Å². The summed E-state index contributed by atoms with van der Waals surface area (Å²) < 4.78 is 2.12. The van der Waals surface area contributed by atoms with Crippen molar-refractivity contribution in [2.24, 2.45) is 5.16 Å². The molecule has 1 aliphatic heterocycles. The average molecular weight is 335 g/mol. The fourth-order valence-electron chi connectivity index (χ4n) is 3.15. The van der Waals surface area contributed by atoms with Gasteiger partial charge in [0.15, 0.2) is 6.10 Å². The highest BCUT2D eigenvalue weighted by Crippen LogP contribution is 2.31. The Balaban J connectivity index is 1.71. The number of benzene rings is 1. The number of H-pyrrole nitrogens is 1. The molecule has 1 N–H and O–H groups in total. The molecule has 128 valence electrons. The maximum absolute atomic E-state index is 5.58. The fraction of sp³-hybridized carbons (Fsp3) is 0.316. The number of aromatic nitrogens is 4. The van der Waals surface area contributed by atoms with Gasteiger partial charge in [-0.15, -0.1) is 0 Å². The van der Waals surface area contributed by atoms with Crippen LogP contribution in [0.1, 0.15) is 25.5 Å².